The number of nitrogens with zero attached hydrogens (tertiary/aromatic N) is 2. The van der Waals surface area contributed by atoms with Crippen LogP contribution in [0.25, 0.3) is 0 Å². The van der Waals surface area contributed by atoms with Crippen molar-refractivity contribution in [2.75, 3.05) is 24.7 Å². The Labute approximate surface area is 155 Å². The highest BCUT2D eigenvalue weighted by Gasteiger charge is 2.15. The van der Waals surface area contributed by atoms with Gasteiger partial charge in [-0.2, -0.15) is 0 Å². The summed E-state index contributed by atoms with van der Waals surface area (Å²) in [5, 5.41) is 5.96. The molecule has 2 aromatic rings. The largest absolute Gasteiger partial charge is 0.298 e. The third-order valence-electron chi connectivity index (χ3n) is 4.02. The quantitative estimate of drug-likeness (QED) is 0.758. The molecule has 0 unspecified atom stereocenters. The van der Waals surface area contributed by atoms with Crippen molar-refractivity contribution in [1.82, 2.24) is 9.88 Å². The minimum atomic E-state index is -0.213. The molecule has 0 spiro atoms. The number of hydrogen-bond acceptors (Lipinski definition) is 5. The first-order valence-electron chi connectivity index (χ1n) is 7.97. The maximum Gasteiger partial charge on any atom is 0.258 e. The monoisotopic (exact) mass is 381 g/mol. The molecule has 0 bridgehead atoms. The average Bonchev–Trinajstić information content (AvgIpc) is 3.03. The van der Waals surface area contributed by atoms with Gasteiger partial charge >= 0.3 is 0 Å². The van der Waals surface area contributed by atoms with Gasteiger partial charge in [0.25, 0.3) is 5.91 Å². The molecular weight excluding hydrogens is 362 g/mol. The van der Waals surface area contributed by atoms with Crippen molar-refractivity contribution >= 4 is 45.7 Å². The number of thiazole rings is 1. The molecule has 4 nitrogen and oxygen atoms in total. The molecule has 0 aliphatic carbocycles. The number of likely N-dealkylation sites (tertiary alicyclic amines) is 1. The van der Waals surface area contributed by atoms with Crippen LogP contribution in [0.1, 0.15) is 35.3 Å². The zero-order valence-electron chi connectivity index (χ0n) is 13.5. The van der Waals surface area contributed by atoms with Gasteiger partial charge in [-0.15, -0.1) is 23.1 Å². The first kappa shape index (κ1) is 17.7. The predicted octanol–water partition coefficient (Wildman–Crippen LogP) is 4.76. The lowest BCUT2D eigenvalue weighted by Gasteiger charge is -2.25. The number of nitrogens with one attached hydrogen (secondary N) is 1. The van der Waals surface area contributed by atoms with Gasteiger partial charge in [-0.05, 0) is 50.4 Å². The highest BCUT2D eigenvalue weighted by atomic mass is 35.5. The highest BCUT2D eigenvalue weighted by molar-refractivity contribution is 7.98. The Morgan fingerprint density at radius 3 is 2.92 bits per heavy atom. The summed E-state index contributed by atoms with van der Waals surface area (Å²) in [4.78, 5) is 20.4. The first-order valence-corrected chi connectivity index (χ1v) is 10.5. The minimum absolute atomic E-state index is 0.213. The Hall–Kier alpha value is -1.08. The number of anilines is 1. The van der Waals surface area contributed by atoms with Gasteiger partial charge in [-0.25, -0.2) is 4.98 Å². The topological polar surface area (TPSA) is 45.2 Å². The van der Waals surface area contributed by atoms with E-state index in [-0.39, 0.29) is 5.91 Å². The Morgan fingerprint density at radius 1 is 1.38 bits per heavy atom. The van der Waals surface area contributed by atoms with E-state index >= 15 is 0 Å². The molecule has 0 atom stereocenters. The van der Waals surface area contributed by atoms with Crippen LogP contribution in [-0.4, -0.2) is 35.1 Å². The number of aromatic nitrogens is 1. The molecule has 1 aliphatic heterocycles. The molecule has 1 N–H and O–H groups in total. The fourth-order valence-electron chi connectivity index (χ4n) is 2.75. The zero-order chi connectivity index (χ0) is 16.9. The maximum atomic E-state index is 12.5. The number of rotatable bonds is 5. The van der Waals surface area contributed by atoms with E-state index in [0.29, 0.717) is 15.7 Å². The van der Waals surface area contributed by atoms with Crippen LogP contribution < -0.4 is 5.32 Å². The number of thioether (sulfide) groups is 1. The lowest BCUT2D eigenvalue weighted by Crippen LogP contribution is -2.29. The molecule has 1 aliphatic rings. The number of amides is 1. The fraction of sp³-hybridized carbons (Fsp3) is 0.412. The fourth-order valence-corrected chi connectivity index (χ4v) is 4.09. The summed E-state index contributed by atoms with van der Waals surface area (Å²) < 4.78 is 0. The molecule has 1 amide bonds. The van der Waals surface area contributed by atoms with Crippen LogP contribution in [-0.2, 0) is 6.54 Å². The molecule has 1 saturated heterocycles. The smallest absolute Gasteiger partial charge is 0.258 e. The van der Waals surface area contributed by atoms with Crippen molar-refractivity contribution in [2.45, 2.75) is 30.7 Å². The van der Waals surface area contributed by atoms with Crippen LogP contribution in [0, 0.1) is 0 Å². The first-order chi connectivity index (χ1) is 11.7. The molecule has 0 radical (unpaired) electrons. The van der Waals surface area contributed by atoms with Gasteiger partial charge in [0.2, 0.25) is 0 Å². The summed E-state index contributed by atoms with van der Waals surface area (Å²) in [6.07, 6.45) is 5.82. The summed E-state index contributed by atoms with van der Waals surface area (Å²) in [5.41, 5.74) is 1.50. The van der Waals surface area contributed by atoms with Crippen LogP contribution in [0.4, 0.5) is 5.13 Å². The van der Waals surface area contributed by atoms with Crippen LogP contribution in [0.5, 0.6) is 0 Å². The van der Waals surface area contributed by atoms with Gasteiger partial charge in [-0.1, -0.05) is 18.0 Å². The van der Waals surface area contributed by atoms with E-state index in [1.165, 1.54) is 30.6 Å². The molecule has 1 fully saturated rings. The normalized spacial score (nSPS) is 15.4. The molecule has 1 aromatic heterocycles. The second-order valence-electron chi connectivity index (χ2n) is 5.78. The van der Waals surface area contributed by atoms with Crippen molar-refractivity contribution in [1.29, 1.82) is 0 Å². The third-order valence-corrected chi connectivity index (χ3v) is 5.89. The van der Waals surface area contributed by atoms with Crippen molar-refractivity contribution < 1.29 is 4.79 Å². The van der Waals surface area contributed by atoms with E-state index < -0.39 is 0 Å². The number of hydrogen-bond donors (Lipinski definition) is 1. The Balaban J connectivity index is 1.64. The molecule has 128 valence electrons. The predicted molar refractivity (Wildman–Crippen MR) is 102 cm³/mol. The van der Waals surface area contributed by atoms with E-state index in [1.54, 1.807) is 17.8 Å². The summed E-state index contributed by atoms with van der Waals surface area (Å²) >= 11 is 9.20. The molecule has 2 heterocycles. The Kier molecular flexibility index (Phi) is 6.16. The van der Waals surface area contributed by atoms with Gasteiger partial charge in [0, 0.05) is 16.8 Å². The summed E-state index contributed by atoms with van der Waals surface area (Å²) in [5.74, 6) is -0.213. The van der Waals surface area contributed by atoms with Gasteiger partial charge in [0.15, 0.2) is 5.13 Å². The van der Waals surface area contributed by atoms with Crippen LogP contribution >= 0.6 is 34.7 Å². The summed E-state index contributed by atoms with van der Waals surface area (Å²) in [7, 11) is 0. The lowest BCUT2D eigenvalue weighted by atomic mass is 10.1. The average molecular weight is 382 g/mol. The van der Waals surface area contributed by atoms with Crippen molar-refractivity contribution in [3.63, 3.8) is 0 Å². The standard InChI is InChI=1S/C17H20ClN3OS2/c1-23-13-5-6-15(18)14(9-13)16(22)20-17-19-12(11-24-17)10-21-7-3-2-4-8-21/h5-6,9,11H,2-4,7-8,10H2,1H3,(H,19,20,22). The van der Waals surface area contributed by atoms with Gasteiger partial charge in [0.05, 0.1) is 16.3 Å². The maximum absolute atomic E-state index is 12.5. The van der Waals surface area contributed by atoms with Crippen molar-refractivity contribution in [3.05, 3.63) is 39.9 Å². The molecule has 1 aromatic carbocycles. The molecule has 7 heteroatoms. The lowest BCUT2D eigenvalue weighted by molar-refractivity contribution is 0.102. The van der Waals surface area contributed by atoms with Crippen molar-refractivity contribution in [3.8, 4) is 0 Å². The summed E-state index contributed by atoms with van der Waals surface area (Å²) in [6, 6.07) is 5.47. The minimum Gasteiger partial charge on any atom is -0.298 e. The molecule has 3 rings (SSSR count). The second-order valence-corrected chi connectivity index (χ2v) is 7.93. The van der Waals surface area contributed by atoms with Crippen LogP contribution in [0.2, 0.25) is 5.02 Å². The van der Waals surface area contributed by atoms with E-state index in [4.69, 9.17) is 11.6 Å². The van der Waals surface area contributed by atoms with Crippen LogP contribution in [0.15, 0.2) is 28.5 Å². The van der Waals surface area contributed by atoms with E-state index in [9.17, 15) is 4.79 Å². The molecular formula is C17H20ClN3OS2. The number of carbonyl (C=O) groups is 1. The molecule has 24 heavy (non-hydrogen) atoms. The van der Waals surface area contributed by atoms with Gasteiger partial charge in [0.1, 0.15) is 0 Å². The SMILES string of the molecule is CSc1ccc(Cl)c(C(=O)Nc2nc(CN3CCCCC3)cs2)c1. The number of benzene rings is 1. The number of piperidine rings is 1. The summed E-state index contributed by atoms with van der Waals surface area (Å²) in [6.45, 7) is 3.13. The Bertz CT molecular complexity index is 714. The zero-order valence-corrected chi connectivity index (χ0v) is 15.9. The third kappa shape index (κ3) is 4.51. The van der Waals surface area contributed by atoms with Crippen molar-refractivity contribution in [2.24, 2.45) is 0 Å². The van der Waals surface area contributed by atoms with E-state index in [1.807, 2.05) is 23.8 Å². The molecule has 0 saturated carbocycles. The van der Waals surface area contributed by atoms with Gasteiger partial charge < -0.3 is 0 Å². The number of carbonyl (C=O) groups excluding carboxylic acids is 1. The highest BCUT2D eigenvalue weighted by Crippen LogP contribution is 2.25. The van der Waals surface area contributed by atoms with Crippen LogP contribution in [0.3, 0.4) is 0 Å². The Morgan fingerprint density at radius 2 is 2.17 bits per heavy atom. The van der Waals surface area contributed by atoms with Gasteiger partial charge in [-0.3, -0.25) is 15.0 Å². The van der Waals surface area contributed by atoms with E-state index in [2.05, 4.69) is 15.2 Å². The number of halogens is 1. The second kappa shape index (κ2) is 8.34. The van der Waals surface area contributed by atoms with E-state index in [0.717, 1.165) is 30.2 Å².